The quantitative estimate of drug-likeness (QED) is 0.289. The summed E-state index contributed by atoms with van der Waals surface area (Å²) in [5.41, 5.74) is 1.50. The molecule has 4 aromatic rings. The summed E-state index contributed by atoms with van der Waals surface area (Å²) in [6.45, 7) is 0. The largest absolute Gasteiger partial charge is 0.290 e. The Morgan fingerprint density at radius 3 is 2.80 bits per heavy atom. The van der Waals surface area contributed by atoms with Crippen LogP contribution in [0.3, 0.4) is 0 Å². The summed E-state index contributed by atoms with van der Waals surface area (Å²) in [6, 6.07) is 15.2. The Hall–Kier alpha value is -2.26. The molecule has 0 atom stereocenters. The highest BCUT2D eigenvalue weighted by Crippen LogP contribution is 2.49. The molecule has 2 aromatic heterocycles. The molecule has 0 spiro atoms. The number of benzene rings is 2. The second-order valence-electron chi connectivity index (χ2n) is 6.60. The smallest absolute Gasteiger partial charge is 0.262 e. The number of carbonyl (C=O) groups is 1. The van der Waals surface area contributed by atoms with E-state index in [0.29, 0.717) is 20.4 Å². The van der Waals surface area contributed by atoms with Crippen molar-refractivity contribution in [2.45, 2.75) is 14.9 Å². The van der Waals surface area contributed by atoms with Crippen LogP contribution in [0.25, 0.3) is 10.2 Å². The second kappa shape index (κ2) is 7.77. The van der Waals surface area contributed by atoms with Crippen LogP contribution in [0.5, 0.6) is 0 Å². The summed E-state index contributed by atoms with van der Waals surface area (Å²) >= 11 is 10.5. The van der Waals surface area contributed by atoms with E-state index in [4.69, 9.17) is 11.6 Å². The Labute approximate surface area is 189 Å². The normalized spacial score (nSPS) is 12.7. The molecule has 1 aliphatic heterocycles. The molecule has 1 aliphatic rings. The minimum atomic E-state index is -0.104. The zero-order chi connectivity index (χ0) is 20.8. The fourth-order valence-corrected chi connectivity index (χ4v) is 6.13. The molecular weight excluding hydrogens is 458 g/mol. The first-order valence-electron chi connectivity index (χ1n) is 8.99. The number of anilines is 2. The van der Waals surface area contributed by atoms with Gasteiger partial charge < -0.3 is 0 Å². The molecule has 0 aliphatic carbocycles. The Morgan fingerprint density at radius 1 is 1.13 bits per heavy atom. The predicted octanol–water partition coefficient (Wildman–Crippen LogP) is 5.57. The zero-order valence-corrected chi connectivity index (χ0v) is 18.9. The van der Waals surface area contributed by atoms with Crippen molar-refractivity contribution in [2.24, 2.45) is 7.05 Å². The minimum Gasteiger partial charge on any atom is -0.290 e. The Bertz CT molecular complexity index is 1370. The lowest BCUT2D eigenvalue weighted by Gasteiger charge is -2.31. The van der Waals surface area contributed by atoms with E-state index in [1.54, 1.807) is 29.8 Å². The second-order valence-corrected chi connectivity index (χ2v) is 9.95. The maximum Gasteiger partial charge on any atom is 0.262 e. The number of para-hydroxylation sites is 1. The van der Waals surface area contributed by atoms with Crippen LogP contribution in [0.4, 0.5) is 11.4 Å². The SMILES string of the molecule is Cn1c(SCC(=O)N2c3ccccc3Sc3ccc(Cl)cc32)nc2sccc2c1=O. The van der Waals surface area contributed by atoms with Crippen molar-refractivity contribution in [3.8, 4) is 0 Å². The molecule has 5 nitrogen and oxygen atoms in total. The van der Waals surface area contributed by atoms with Gasteiger partial charge in [0.2, 0.25) is 5.91 Å². The van der Waals surface area contributed by atoms with Crippen LogP contribution in [0, 0.1) is 0 Å². The molecule has 3 heterocycles. The highest BCUT2D eigenvalue weighted by atomic mass is 35.5. The standard InChI is InChI=1S/C21H14ClN3O2S3/c1-24-20(27)13-8-9-28-19(13)23-21(24)29-11-18(26)25-14-4-2-3-5-16(14)30-17-7-6-12(22)10-15(17)25/h2-10H,11H2,1H3. The number of amides is 1. The number of carbonyl (C=O) groups excluding carboxylic acids is 1. The first-order valence-corrected chi connectivity index (χ1v) is 12.1. The van der Waals surface area contributed by atoms with E-state index in [1.807, 2.05) is 47.8 Å². The van der Waals surface area contributed by atoms with Gasteiger partial charge in [-0.25, -0.2) is 4.98 Å². The number of halogens is 1. The highest BCUT2D eigenvalue weighted by Gasteiger charge is 2.28. The first kappa shape index (κ1) is 19.7. The number of aromatic nitrogens is 2. The average molecular weight is 472 g/mol. The van der Waals surface area contributed by atoms with Crippen molar-refractivity contribution in [1.82, 2.24) is 9.55 Å². The third-order valence-electron chi connectivity index (χ3n) is 4.73. The lowest BCUT2D eigenvalue weighted by Crippen LogP contribution is -2.30. The number of hydrogen-bond acceptors (Lipinski definition) is 6. The third-order valence-corrected chi connectivity index (χ3v) is 7.91. The van der Waals surface area contributed by atoms with Crippen LogP contribution in [0.15, 0.2) is 73.7 Å². The van der Waals surface area contributed by atoms with Crippen LogP contribution < -0.4 is 10.5 Å². The van der Waals surface area contributed by atoms with Gasteiger partial charge in [-0.2, -0.15) is 0 Å². The minimum absolute atomic E-state index is 0.100. The number of hydrogen-bond donors (Lipinski definition) is 0. The maximum atomic E-state index is 13.4. The molecule has 0 radical (unpaired) electrons. The topological polar surface area (TPSA) is 55.2 Å². The molecule has 5 rings (SSSR count). The summed E-state index contributed by atoms with van der Waals surface area (Å²) in [7, 11) is 1.68. The van der Waals surface area contributed by atoms with Crippen LogP contribution in [0.2, 0.25) is 5.02 Å². The summed E-state index contributed by atoms with van der Waals surface area (Å²) in [6.07, 6.45) is 0. The van der Waals surface area contributed by atoms with Crippen molar-refractivity contribution < 1.29 is 4.79 Å². The fraction of sp³-hybridized carbons (Fsp3) is 0.0952. The van der Waals surface area contributed by atoms with E-state index in [0.717, 1.165) is 21.2 Å². The molecule has 30 heavy (non-hydrogen) atoms. The molecular formula is C21H14ClN3O2S3. The van der Waals surface area contributed by atoms with Gasteiger partial charge in [-0.05, 0) is 41.8 Å². The van der Waals surface area contributed by atoms with E-state index in [1.165, 1.54) is 27.7 Å². The van der Waals surface area contributed by atoms with Crippen LogP contribution in [-0.2, 0) is 11.8 Å². The molecule has 150 valence electrons. The molecule has 0 bridgehead atoms. The maximum absolute atomic E-state index is 13.4. The summed E-state index contributed by atoms with van der Waals surface area (Å²) in [5, 5.41) is 3.55. The lowest BCUT2D eigenvalue weighted by atomic mass is 10.2. The molecule has 0 N–H and O–H groups in total. The van der Waals surface area contributed by atoms with Gasteiger partial charge in [-0.3, -0.25) is 19.1 Å². The van der Waals surface area contributed by atoms with Gasteiger partial charge in [0, 0.05) is 21.9 Å². The van der Waals surface area contributed by atoms with E-state index < -0.39 is 0 Å². The molecule has 1 amide bonds. The van der Waals surface area contributed by atoms with Crippen LogP contribution in [0.1, 0.15) is 0 Å². The highest BCUT2D eigenvalue weighted by molar-refractivity contribution is 8.00. The van der Waals surface area contributed by atoms with Gasteiger partial charge in [-0.1, -0.05) is 47.3 Å². The first-order chi connectivity index (χ1) is 14.5. The lowest BCUT2D eigenvalue weighted by molar-refractivity contribution is -0.115. The molecule has 0 saturated carbocycles. The van der Waals surface area contributed by atoms with Gasteiger partial charge in [0.1, 0.15) is 4.83 Å². The van der Waals surface area contributed by atoms with Gasteiger partial charge in [0.15, 0.2) is 5.16 Å². The predicted molar refractivity (Wildman–Crippen MR) is 125 cm³/mol. The van der Waals surface area contributed by atoms with Gasteiger partial charge in [0.05, 0.1) is 22.5 Å². The van der Waals surface area contributed by atoms with Crippen molar-refractivity contribution in [1.29, 1.82) is 0 Å². The number of thiophene rings is 1. The van der Waals surface area contributed by atoms with Crippen LogP contribution in [-0.4, -0.2) is 21.2 Å². The van der Waals surface area contributed by atoms with E-state index in [-0.39, 0.29) is 17.2 Å². The van der Waals surface area contributed by atoms with E-state index >= 15 is 0 Å². The molecule has 0 unspecified atom stereocenters. The Kier molecular flexibility index (Phi) is 5.10. The molecule has 9 heteroatoms. The van der Waals surface area contributed by atoms with Crippen molar-refractivity contribution in [2.75, 3.05) is 10.7 Å². The number of nitrogens with zero attached hydrogens (tertiary/aromatic N) is 3. The fourth-order valence-electron chi connectivity index (χ4n) is 3.30. The number of thioether (sulfide) groups is 1. The summed E-state index contributed by atoms with van der Waals surface area (Å²) in [4.78, 5) is 34.8. The third kappa shape index (κ3) is 3.33. The Morgan fingerprint density at radius 2 is 1.93 bits per heavy atom. The zero-order valence-electron chi connectivity index (χ0n) is 15.7. The molecule has 0 saturated heterocycles. The number of rotatable bonds is 3. The van der Waals surface area contributed by atoms with Crippen molar-refractivity contribution in [3.05, 3.63) is 69.3 Å². The van der Waals surface area contributed by atoms with Gasteiger partial charge in [0.25, 0.3) is 5.56 Å². The van der Waals surface area contributed by atoms with E-state index in [9.17, 15) is 9.59 Å². The van der Waals surface area contributed by atoms with Gasteiger partial charge in [-0.15, -0.1) is 11.3 Å². The average Bonchev–Trinajstić information content (AvgIpc) is 3.22. The van der Waals surface area contributed by atoms with Crippen LogP contribution >= 0.6 is 46.5 Å². The molecule has 0 fully saturated rings. The van der Waals surface area contributed by atoms with Crippen molar-refractivity contribution >= 4 is 74.0 Å². The van der Waals surface area contributed by atoms with E-state index in [2.05, 4.69) is 4.98 Å². The van der Waals surface area contributed by atoms with Crippen molar-refractivity contribution in [3.63, 3.8) is 0 Å². The van der Waals surface area contributed by atoms with Gasteiger partial charge >= 0.3 is 0 Å². The molecule has 2 aromatic carbocycles. The summed E-state index contributed by atoms with van der Waals surface area (Å²) < 4.78 is 1.50. The summed E-state index contributed by atoms with van der Waals surface area (Å²) in [5.74, 6) is 0.0408. The Balaban J connectivity index is 1.49. The number of fused-ring (bicyclic) bond motifs is 3. The monoisotopic (exact) mass is 471 g/mol.